The molecule has 0 aliphatic carbocycles. The number of carbonyl (C=O) groups is 2. The normalized spacial score (nSPS) is 11.6. The van der Waals surface area contributed by atoms with Crippen LogP contribution in [0.2, 0.25) is 0 Å². The highest BCUT2D eigenvalue weighted by atomic mass is 16.2. The molecule has 0 saturated heterocycles. The van der Waals surface area contributed by atoms with E-state index in [2.05, 4.69) is 20.9 Å². The molecule has 0 fully saturated rings. The van der Waals surface area contributed by atoms with E-state index in [-0.39, 0.29) is 17.6 Å². The van der Waals surface area contributed by atoms with Gasteiger partial charge in [-0.25, -0.2) is 9.67 Å². The fourth-order valence-corrected chi connectivity index (χ4v) is 2.41. The summed E-state index contributed by atoms with van der Waals surface area (Å²) in [5, 5.41) is 4.34. The first-order chi connectivity index (χ1) is 13.1. The van der Waals surface area contributed by atoms with Crippen molar-refractivity contribution in [1.29, 1.82) is 0 Å². The molecule has 0 aliphatic rings. The molecule has 2 amide bonds. The lowest BCUT2D eigenvalue weighted by atomic mass is 10.1. The van der Waals surface area contributed by atoms with Crippen molar-refractivity contribution in [3.05, 3.63) is 66.5 Å². The van der Waals surface area contributed by atoms with Crippen molar-refractivity contribution in [3.8, 4) is 17.1 Å². The van der Waals surface area contributed by atoms with Crippen LogP contribution < -0.4 is 10.9 Å². The summed E-state index contributed by atoms with van der Waals surface area (Å²) in [5.74, 6) is -0.502. The van der Waals surface area contributed by atoms with Gasteiger partial charge in [-0.2, -0.15) is 0 Å². The maximum Gasteiger partial charge on any atom is 0.309 e. The molecule has 1 atom stereocenters. The average Bonchev–Trinajstić information content (AvgIpc) is 3.18. The van der Waals surface area contributed by atoms with Crippen molar-refractivity contribution in [2.24, 2.45) is 5.92 Å². The van der Waals surface area contributed by atoms with E-state index in [4.69, 9.17) is 0 Å². The van der Waals surface area contributed by atoms with Crippen LogP contribution in [0.5, 0.6) is 0 Å². The maximum atomic E-state index is 12.4. The van der Waals surface area contributed by atoms with Gasteiger partial charge in [-0.05, 0) is 18.6 Å². The lowest BCUT2D eigenvalue weighted by Gasteiger charge is -2.09. The van der Waals surface area contributed by atoms with E-state index in [0.717, 1.165) is 11.3 Å². The van der Waals surface area contributed by atoms with Crippen molar-refractivity contribution in [3.63, 3.8) is 0 Å². The van der Waals surface area contributed by atoms with Crippen LogP contribution in [0.1, 0.15) is 30.9 Å². The number of hydrazine groups is 1. The van der Waals surface area contributed by atoms with Crippen LogP contribution in [0.25, 0.3) is 17.1 Å². The molecule has 138 valence electrons. The second kappa shape index (κ2) is 8.27. The highest BCUT2D eigenvalue weighted by Gasteiger charge is 2.19. The van der Waals surface area contributed by atoms with Crippen molar-refractivity contribution in [2.75, 3.05) is 0 Å². The van der Waals surface area contributed by atoms with Gasteiger partial charge in [0.05, 0.1) is 5.69 Å². The molecule has 2 aromatic carbocycles. The summed E-state index contributed by atoms with van der Waals surface area (Å²) in [6, 6.07) is 18.9. The SMILES string of the molecule is CC[C@@H](C)C(=O)NNC(=O)c1nc(-c2ccccc2)n(-c2ccccc2)n1. The zero-order chi connectivity index (χ0) is 19.2. The summed E-state index contributed by atoms with van der Waals surface area (Å²) in [7, 11) is 0. The number of carbonyl (C=O) groups excluding carboxylic acids is 2. The van der Waals surface area contributed by atoms with E-state index >= 15 is 0 Å². The third-order valence-electron chi connectivity index (χ3n) is 4.20. The zero-order valence-electron chi connectivity index (χ0n) is 15.2. The standard InChI is InChI=1S/C20H21N5O2/c1-3-14(2)19(26)22-23-20(27)17-21-18(15-10-6-4-7-11-15)25(24-17)16-12-8-5-9-13-16/h4-14H,3H2,1-2H3,(H,22,26)(H,23,27)/t14-/m1/s1. The molecule has 3 rings (SSSR count). The van der Waals surface area contributed by atoms with Crippen LogP contribution >= 0.6 is 0 Å². The second-order valence-electron chi connectivity index (χ2n) is 6.13. The first-order valence-corrected chi connectivity index (χ1v) is 8.78. The van der Waals surface area contributed by atoms with Crippen molar-refractivity contribution in [1.82, 2.24) is 25.6 Å². The predicted octanol–water partition coefficient (Wildman–Crippen LogP) is 2.74. The van der Waals surface area contributed by atoms with Gasteiger partial charge in [0.15, 0.2) is 5.82 Å². The first kappa shape index (κ1) is 18.3. The number of aromatic nitrogens is 3. The van der Waals surface area contributed by atoms with Crippen LogP contribution in [-0.4, -0.2) is 26.6 Å². The summed E-state index contributed by atoms with van der Waals surface area (Å²) >= 11 is 0. The number of hydrogen-bond acceptors (Lipinski definition) is 4. The number of nitrogens with one attached hydrogen (secondary N) is 2. The van der Waals surface area contributed by atoms with Crippen LogP contribution in [-0.2, 0) is 4.79 Å². The molecule has 2 N–H and O–H groups in total. The lowest BCUT2D eigenvalue weighted by Crippen LogP contribution is -2.44. The highest BCUT2D eigenvalue weighted by Crippen LogP contribution is 2.20. The quantitative estimate of drug-likeness (QED) is 0.682. The van der Waals surface area contributed by atoms with Gasteiger partial charge in [0.1, 0.15) is 0 Å². The molecule has 0 unspecified atom stereocenters. The molecule has 0 spiro atoms. The molecular formula is C20H21N5O2. The number of benzene rings is 2. The number of rotatable bonds is 5. The Bertz CT molecular complexity index is 865. The summed E-state index contributed by atoms with van der Waals surface area (Å²) in [6.07, 6.45) is 0.681. The van der Waals surface area contributed by atoms with Gasteiger partial charge in [-0.1, -0.05) is 62.4 Å². The Morgan fingerprint density at radius 3 is 2.26 bits per heavy atom. The molecule has 7 heteroatoms. The van der Waals surface area contributed by atoms with E-state index in [9.17, 15) is 9.59 Å². The van der Waals surface area contributed by atoms with E-state index < -0.39 is 5.91 Å². The van der Waals surface area contributed by atoms with Gasteiger partial charge < -0.3 is 0 Å². The van der Waals surface area contributed by atoms with Gasteiger partial charge in [0.2, 0.25) is 11.7 Å². The van der Waals surface area contributed by atoms with Gasteiger partial charge in [0, 0.05) is 11.5 Å². The smallest absolute Gasteiger partial charge is 0.273 e. The molecule has 0 saturated carbocycles. The van der Waals surface area contributed by atoms with Gasteiger partial charge in [-0.3, -0.25) is 20.4 Å². The molecule has 0 aliphatic heterocycles. The van der Waals surface area contributed by atoms with E-state index in [1.165, 1.54) is 0 Å². The molecule has 3 aromatic rings. The summed E-state index contributed by atoms with van der Waals surface area (Å²) in [6.45, 7) is 3.69. The monoisotopic (exact) mass is 363 g/mol. The first-order valence-electron chi connectivity index (χ1n) is 8.78. The zero-order valence-corrected chi connectivity index (χ0v) is 15.2. The average molecular weight is 363 g/mol. The van der Waals surface area contributed by atoms with Crippen molar-refractivity contribution in [2.45, 2.75) is 20.3 Å². The minimum Gasteiger partial charge on any atom is -0.273 e. The Morgan fingerprint density at radius 2 is 1.63 bits per heavy atom. The summed E-state index contributed by atoms with van der Waals surface area (Å²) in [5.41, 5.74) is 6.41. The summed E-state index contributed by atoms with van der Waals surface area (Å²) in [4.78, 5) is 28.7. The van der Waals surface area contributed by atoms with Crippen LogP contribution in [0.3, 0.4) is 0 Å². The predicted molar refractivity (Wildman–Crippen MR) is 102 cm³/mol. The van der Waals surface area contributed by atoms with Crippen LogP contribution in [0.4, 0.5) is 0 Å². The molecule has 1 heterocycles. The number of hydrogen-bond donors (Lipinski definition) is 2. The van der Waals surface area contributed by atoms with Crippen LogP contribution in [0, 0.1) is 5.92 Å². The minimum absolute atomic E-state index is 0.0258. The van der Waals surface area contributed by atoms with E-state index in [1.807, 2.05) is 67.6 Å². The Morgan fingerprint density at radius 1 is 1.00 bits per heavy atom. The van der Waals surface area contributed by atoms with Crippen molar-refractivity contribution < 1.29 is 9.59 Å². The van der Waals surface area contributed by atoms with Gasteiger partial charge in [-0.15, -0.1) is 5.10 Å². The highest BCUT2D eigenvalue weighted by molar-refractivity contribution is 5.92. The molecule has 1 aromatic heterocycles. The van der Waals surface area contributed by atoms with Gasteiger partial charge in [0.25, 0.3) is 0 Å². The molecule has 7 nitrogen and oxygen atoms in total. The topological polar surface area (TPSA) is 88.9 Å². The maximum absolute atomic E-state index is 12.4. The molecular weight excluding hydrogens is 342 g/mol. The Kier molecular flexibility index (Phi) is 5.61. The number of para-hydroxylation sites is 1. The minimum atomic E-state index is -0.571. The third kappa shape index (κ3) is 4.20. The molecule has 0 radical (unpaired) electrons. The Balaban J connectivity index is 1.90. The molecule has 0 bridgehead atoms. The fourth-order valence-electron chi connectivity index (χ4n) is 2.41. The third-order valence-corrected chi connectivity index (χ3v) is 4.20. The van der Waals surface area contributed by atoms with E-state index in [0.29, 0.717) is 12.2 Å². The number of amides is 2. The Labute approximate surface area is 157 Å². The summed E-state index contributed by atoms with van der Waals surface area (Å²) < 4.78 is 1.61. The van der Waals surface area contributed by atoms with Gasteiger partial charge >= 0.3 is 5.91 Å². The second-order valence-corrected chi connectivity index (χ2v) is 6.13. The Hall–Kier alpha value is -3.48. The molecule has 27 heavy (non-hydrogen) atoms. The largest absolute Gasteiger partial charge is 0.309 e. The lowest BCUT2D eigenvalue weighted by molar-refractivity contribution is -0.125. The van der Waals surface area contributed by atoms with E-state index in [1.54, 1.807) is 11.6 Å². The number of nitrogens with zero attached hydrogens (tertiary/aromatic N) is 3. The van der Waals surface area contributed by atoms with Crippen molar-refractivity contribution >= 4 is 11.8 Å². The fraction of sp³-hybridized carbons (Fsp3) is 0.200. The van der Waals surface area contributed by atoms with Crippen LogP contribution in [0.15, 0.2) is 60.7 Å².